The van der Waals surface area contributed by atoms with Crippen LogP contribution < -0.4 is 14.9 Å². The normalized spacial score (nSPS) is 22.3. The predicted octanol–water partition coefficient (Wildman–Crippen LogP) is -0.309. The van der Waals surface area contributed by atoms with E-state index in [1.807, 2.05) is 0 Å². The van der Waals surface area contributed by atoms with E-state index in [0.717, 1.165) is 5.69 Å². The van der Waals surface area contributed by atoms with Crippen LogP contribution in [0.1, 0.15) is 6.42 Å². The molecule has 130 valence electrons. The largest absolute Gasteiger partial charge is 0.370 e. The molecule has 0 saturated carbocycles. The Hall–Kier alpha value is -1.97. The second kappa shape index (κ2) is 6.50. The van der Waals surface area contributed by atoms with Gasteiger partial charge >= 0.3 is 0 Å². The van der Waals surface area contributed by atoms with Gasteiger partial charge < -0.3 is 14.5 Å². The zero-order valence-electron chi connectivity index (χ0n) is 13.1. The van der Waals surface area contributed by atoms with Crippen molar-refractivity contribution in [3.8, 4) is 0 Å². The number of benzene rings is 1. The van der Waals surface area contributed by atoms with Gasteiger partial charge in [-0.25, -0.2) is 13.6 Å². The molecule has 2 saturated heterocycles. The Morgan fingerprint density at radius 1 is 1.08 bits per heavy atom. The number of anilines is 2. The van der Waals surface area contributed by atoms with Gasteiger partial charge in [-0.1, -0.05) is 0 Å². The first-order chi connectivity index (χ1) is 11.3. The molecule has 2 amide bonds. The maximum absolute atomic E-state index is 12.1. The minimum Gasteiger partial charge on any atom is -0.370 e. The van der Waals surface area contributed by atoms with Crippen LogP contribution in [0, 0.1) is 5.92 Å². The monoisotopic (exact) mass is 353 g/mol. The second-order valence-electron chi connectivity index (χ2n) is 6.02. The molecule has 0 spiro atoms. The number of sulfonamides is 1. The summed E-state index contributed by atoms with van der Waals surface area (Å²) in [7, 11) is -3.60. The number of nitrogens with zero attached hydrogens (tertiary/aromatic N) is 2. The molecular formula is C15H19N3O5S. The number of hydrogen-bond acceptors (Lipinski definition) is 5. The average molecular weight is 353 g/mol. The Labute approximate surface area is 140 Å². The van der Waals surface area contributed by atoms with Gasteiger partial charge in [-0.3, -0.25) is 9.59 Å². The average Bonchev–Trinajstić information content (AvgIpc) is 2.86. The van der Waals surface area contributed by atoms with Crippen LogP contribution in [0.5, 0.6) is 0 Å². The van der Waals surface area contributed by atoms with E-state index >= 15 is 0 Å². The second-order valence-corrected chi connectivity index (χ2v) is 7.68. The fraction of sp³-hybridized carbons (Fsp3) is 0.467. The zero-order valence-corrected chi connectivity index (χ0v) is 13.9. The highest BCUT2D eigenvalue weighted by molar-refractivity contribution is 7.89. The molecule has 1 aromatic rings. The molecule has 0 bridgehead atoms. The quantitative estimate of drug-likeness (QED) is 0.798. The van der Waals surface area contributed by atoms with E-state index in [1.165, 1.54) is 0 Å². The van der Waals surface area contributed by atoms with E-state index in [4.69, 9.17) is 9.88 Å². The lowest BCUT2D eigenvalue weighted by atomic mass is 10.1. The van der Waals surface area contributed by atoms with E-state index in [2.05, 4.69) is 0 Å². The molecule has 0 radical (unpaired) electrons. The summed E-state index contributed by atoms with van der Waals surface area (Å²) >= 11 is 0. The highest BCUT2D eigenvalue weighted by atomic mass is 32.2. The van der Waals surface area contributed by atoms with Gasteiger partial charge in [0.1, 0.15) is 6.61 Å². The van der Waals surface area contributed by atoms with E-state index in [0.29, 0.717) is 25.4 Å². The molecule has 0 aliphatic carbocycles. The Morgan fingerprint density at radius 3 is 2.29 bits per heavy atom. The molecule has 2 aliphatic heterocycles. The lowest BCUT2D eigenvalue weighted by molar-refractivity contribution is -0.125. The number of hydrogen-bond donors (Lipinski definition) is 1. The third-order valence-corrected chi connectivity index (χ3v) is 5.07. The number of carbonyl (C=O) groups excluding carboxylic acids is 2. The molecule has 2 aliphatic rings. The number of morpholine rings is 1. The summed E-state index contributed by atoms with van der Waals surface area (Å²) in [6.45, 7) is 1.39. The van der Waals surface area contributed by atoms with E-state index in [-0.39, 0.29) is 36.5 Å². The van der Waals surface area contributed by atoms with Crippen molar-refractivity contribution in [2.45, 2.75) is 6.42 Å². The number of rotatable bonds is 4. The van der Waals surface area contributed by atoms with Gasteiger partial charge in [-0.2, -0.15) is 0 Å². The van der Waals surface area contributed by atoms with Crippen LogP contribution >= 0.6 is 0 Å². The fourth-order valence-corrected chi connectivity index (χ4v) is 3.96. The van der Waals surface area contributed by atoms with Crippen LogP contribution in [0.3, 0.4) is 0 Å². The summed E-state index contributed by atoms with van der Waals surface area (Å²) in [5, 5.41) is 5.06. The van der Waals surface area contributed by atoms with E-state index in [9.17, 15) is 18.0 Å². The highest BCUT2D eigenvalue weighted by Crippen LogP contribution is 2.28. The minimum absolute atomic E-state index is 0.0710. The van der Waals surface area contributed by atoms with Crippen LogP contribution in [0.25, 0.3) is 0 Å². The number of primary sulfonamides is 1. The smallest absolute Gasteiger partial charge is 0.253 e. The summed E-state index contributed by atoms with van der Waals surface area (Å²) in [5.41, 5.74) is 1.43. The highest BCUT2D eigenvalue weighted by Gasteiger charge is 2.33. The SMILES string of the molecule is NS(=O)(=O)CC1CC(=O)N(c2ccc(N3CCOCC3=O)cc2)C1. The maximum Gasteiger partial charge on any atom is 0.253 e. The van der Waals surface area contributed by atoms with Crippen molar-refractivity contribution in [1.29, 1.82) is 0 Å². The molecule has 1 atom stereocenters. The standard InChI is InChI=1S/C15H19N3O5S/c16-24(21,22)10-11-7-14(19)18(8-11)13-3-1-12(2-4-13)17-5-6-23-9-15(17)20/h1-4,11H,5-10H2,(H2,16,21,22). The molecule has 8 nitrogen and oxygen atoms in total. The third kappa shape index (κ3) is 3.74. The van der Waals surface area contributed by atoms with Crippen molar-refractivity contribution in [2.24, 2.45) is 11.1 Å². The van der Waals surface area contributed by atoms with Gasteiger partial charge in [0.2, 0.25) is 15.9 Å². The first kappa shape index (κ1) is 16.9. The molecule has 2 heterocycles. The maximum atomic E-state index is 12.1. The van der Waals surface area contributed by atoms with Gasteiger partial charge in [0.15, 0.2) is 0 Å². The Bertz CT molecular complexity index is 747. The lowest BCUT2D eigenvalue weighted by Gasteiger charge is -2.27. The van der Waals surface area contributed by atoms with Gasteiger partial charge in [-0.05, 0) is 24.3 Å². The zero-order chi connectivity index (χ0) is 17.3. The lowest BCUT2D eigenvalue weighted by Crippen LogP contribution is -2.41. The predicted molar refractivity (Wildman–Crippen MR) is 88.0 cm³/mol. The van der Waals surface area contributed by atoms with Gasteiger partial charge in [0, 0.05) is 36.8 Å². The van der Waals surface area contributed by atoms with Crippen molar-refractivity contribution in [1.82, 2.24) is 0 Å². The van der Waals surface area contributed by atoms with Gasteiger partial charge in [-0.15, -0.1) is 0 Å². The van der Waals surface area contributed by atoms with Crippen LogP contribution in [-0.2, 0) is 24.3 Å². The van der Waals surface area contributed by atoms with Crippen LogP contribution in [0.2, 0.25) is 0 Å². The fourth-order valence-electron chi connectivity index (χ4n) is 3.07. The summed E-state index contributed by atoms with van der Waals surface area (Å²) in [6.07, 6.45) is 0.167. The van der Waals surface area contributed by atoms with Crippen molar-refractivity contribution >= 4 is 33.2 Å². The first-order valence-electron chi connectivity index (χ1n) is 7.62. The summed E-state index contributed by atoms with van der Waals surface area (Å²) in [6, 6.07) is 7.07. The summed E-state index contributed by atoms with van der Waals surface area (Å²) in [5.74, 6) is -0.721. The molecule has 0 aromatic heterocycles. The minimum atomic E-state index is -3.60. The number of carbonyl (C=O) groups is 2. The summed E-state index contributed by atoms with van der Waals surface area (Å²) in [4.78, 5) is 27.1. The van der Waals surface area contributed by atoms with Crippen LogP contribution in [-0.4, -0.2) is 52.3 Å². The number of ether oxygens (including phenoxy) is 1. The number of amides is 2. The van der Waals surface area contributed by atoms with Crippen molar-refractivity contribution in [3.05, 3.63) is 24.3 Å². The van der Waals surface area contributed by atoms with Crippen LogP contribution in [0.4, 0.5) is 11.4 Å². The first-order valence-corrected chi connectivity index (χ1v) is 9.34. The van der Waals surface area contributed by atoms with Crippen molar-refractivity contribution < 1.29 is 22.7 Å². The molecule has 1 aromatic carbocycles. The molecule has 2 N–H and O–H groups in total. The molecule has 9 heteroatoms. The summed E-state index contributed by atoms with van der Waals surface area (Å²) < 4.78 is 27.5. The Kier molecular flexibility index (Phi) is 4.57. The van der Waals surface area contributed by atoms with Gasteiger partial charge in [0.05, 0.1) is 12.4 Å². The Morgan fingerprint density at radius 2 is 1.71 bits per heavy atom. The van der Waals surface area contributed by atoms with E-state index < -0.39 is 10.0 Å². The molecule has 2 fully saturated rings. The van der Waals surface area contributed by atoms with Crippen molar-refractivity contribution in [3.63, 3.8) is 0 Å². The molecule has 3 rings (SSSR count). The van der Waals surface area contributed by atoms with Crippen molar-refractivity contribution in [2.75, 3.05) is 41.9 Å². The molecule has 24 heavy (non-hydrogen) atoms. The topological polar surface area (TPSA) is 110 Å². The molecular weight excluding hydrogens is 334 g/mol. The number of nitrogens with two attached hydrogens (primary N) is 1. The molecule has 1 unspecified atom stereocenters. The van der Waals surface area contributed by atoms with E-state index in [1.54, 1.807) is 34.1 Å². The van der Waals surface area contributed by atoms with Crippen LogP contribution in [0.15, 0.2) is 24.3 Å². The third-order valence-electron chi connectivity index (χ3n) is 4.13. The van der Waals surface area contributed by atoms with Gasteiger partial charge in [0.25, 0.3) is 5.91 Å². The Balaban J connectivity index is 1.71.